The fourth-order valence-electron chi connectivity index (χ4n) is 2.87. The lowest BCUT2D eigenvalue weighted by molar-refractivity contribution is 0.0696. The Morgan fingerprint density at radius 2 is 2.00 bits per heavy atom. The minimum Gasteiger partial charge on any atom is -0.489 e. The Labute approximate surface area is 129 Å². The molecule has 1 aliphatic heterocycles. The summed E-state index contributed by atoms with van der Waals surface area (Å²) < 4.78 is 5.84. The van der Waals surface area contributed by atoms with E-state index < -0.39 is 5.97 Å². The summed E-state index contributed by atoms with van der Waals surface area (Å²) in [6.45, 7) is 2.36. The summed E-state index contributed by atoms with van der Waals surface area (Å²) in [6.07, 6.45) is 2.00. The van der Waals surface area contributed by atoms with E-state index in [2.05, 4.69) is 6.07 Å². The summed E-state index contributed by atoms with van der Waals surface area (Å²) in [6, 6.07) is 11.5. The van der Waals surface area contributed by atoms with Gasteiger partial charge in [-0.2, -0.15) is 0 Å². The fraction of sp³-hybridized carbons (Fsp3) is 0.278. The monoisotopic (exact) mass is 297 g/mol. The van der Waals surface area contributed by atoms with Gasteiger partial charge >= 0.3 is 5.97 Å². The Hall–Kier alpha value is -2.33. The number of aromatic carboxylic acids is 1. The maximum atomic E-state index is 11.1. The molecule has 114 valence electrons. The summed E-state index contributed by atoms with van der Waals surface area (Å²) >= 11 is 0. The van der Waals surface area contributed by atoms with Crippen LogP contribution in [0.15, 0.2) is 36.4 Å². The van der Waals surface area contributed by atoms with Gasteiger partial charge in [-0.3, -0.25) is 0 Å². The maximum Gasteiger partial charge on any atom is 0.335 e. The number of carboxylic acids is 1. The van der Waals surface area contributed by atoms with E-state index in [0.717, 1.165) is 35.3 Å². The lowest BCUT2D eigenvalue weighted by Gasteiger charge is -2.25. The van der Waals surface area contributed by atoms with E-state index >= 15 is 0 Å². The maximum absolute atomic E-state index is 11.1. The molecule has 2 aromatic rings. The smallest absolute Gasteiger partial charge is 0.335 e. The first-order valence-corrected chi connectivity index (χ1v) is 7.42. The van der Waals surface area contributed by atoms with Crippen LogP contribution in [0.4, 0.5) is 0 Å². The summed E-state index contributed by atoms with van der Waals surface area (Å²) in [5.74, 6) is 0.0139. The van der Waals surface area contributed by atoms with Crippen LogP contribution >= 0.6 is 0 Å². The molecule has 0 radical (unpaired) electrons. The molecule has 2 aromatic carbocycles. The van der Waals surface area contributed by atoms with Crippen molar-refractivity contribution in [1.82, 2.24) is 0 Å². The second-order valence-corrected chi connectivity index (χ2v) is 5.67. The zero-order valence-electron chi connectivity index (χ0n) is 12.5. The van der Waals surface area contributed by atoms with Crippen LogP contribution in [0.3, 0.4) is 0 Å². The predicted octanol–water partition coefficient (Wildman–Crippen LogP) is 3.01. The molecule has 4 nitrogen and oxygen atoms in total. The summed E-state index contributed by atoms with van der Waals surface area (Å²) in [5, 5.41) is 9.11. The molecule has 0 spiro atoms. The Balaban J connectivity index is 1.93. The van der Waals surface area contributed by atoms with E-state index in [1.165, 1.54) is 5.56 Å². The number of fused-ring (bicyclic) bond motifs is 1. The van der Waals surface area contributed by atoms with E-state index in [0.29, 0.717) is 12.1 Å². The largest absolute Gasteiger partial charge is 0.489 e. The third-order valence-electron chi connectivity index (χ3n) is 4.14. The van der Waals surface area contributed by atoms with Gasteiger partial charge in [-0.05, 0) is 60.2 Å². The minimum absolute atomic E-state index is 0.107. The molecule has 3 N–H and O–H groups in total. The van der Waals surface area contributed by atoms with Crippen molar-refractivity contribution in [2.24, 2.45) is 5.73 Å². The van der Waals surface area contributed by atoms with Crippen LogP contribution in [0.5, 0.6) is 5.75 Å². The number of rotatable bonds is 3. The van der Waals surface area contributed by atoms with Crippen molar-refractivity contribution in [2.75, 3.05) is 6.54 Å². The second-order valence-electron chi connectivity index (χ2n) is 5.67. The van der Waals surface area contributed by atoms with Gasteiger partial charge in [-0.15, -0.1) is 0 Å². The molecule has 0 unspecified atom stereocenters. The van der Waals surface area contributed by atoms with Crippen molar-refractivity contribution in [3.8, 4) is 16.9 Å². The van der Waals surface area contributed by atoms with Crippen molar-refractivity contribution in [3.63, 3.8) is 0 Å². The van der Waals surface area contributed by atoms with Crippen molar-refractivity contribution < 1.29 is 14.6 Å². The van der Waals surface area contributed by atoms with Crippen LogP contribution < -0.4 is 10.5 Å². The summed E-state index contributed by atoms with van der Waals surface area (Å²) in [4.78, 5) is 11.1. The Morgan fingerprint density at radius 1 is 1.27 bits per heavy atom. The van der Waals surface area contributed by atoms with Crippen LogP contribution in [0.25, 0.3) is 11.1 Å². The van der Waals surface area contributed by atoms with Crippen LogP contribution in [-0.2, 0) is 6.42 Å². The standard InChI is InChI=1S/C18H19NO3/c1-11-8-12(3-6-16(11)18(20)21)13-4-7-17-14(9-13)2-5-15(10-19)22-17/h3-4,6-9,15H,2,5,10,19H2,1H3,(H,20,21)/t15-/m1/s1. The molecule has 0 amide bonds. The molecular formula is C18H19NO3. The third kappa shape index (κ3) is 2.70. The van der Waals surface area contributed by atoms with E-state index in [1.54, 1.807) is 6.07 Å². The van der Waals surface area contributed by atoms with Crippen LogP contribution in [0.2, 0.25) is 0 Å². The molecule has 0 bridgehead atoms. The molecule has 1 atom stereocenters. The highest BCUT2D eigenvalue weighted by Crippen LogP contribution is 2.32. The highest BCUT2D eigenvalue weighted by atomic mass is 16.5. The number of ether oxygens (including phenoxy) is 1. The van der Waals surface area contributed by atoms with Crippen LogP contribution in [-0.4, -0.2) is 23.7 Å². The van der Waals surface area contributed by atoms with E-state index in [4.69, 9.17) is 15.6 Å². The van der Waals surface area contributed by atoms with Crippen molar-refractivity contribution in [1.29, 1.82) is 0 Å². The van der Waals surface area contributed by atoms with E-state index in [-0.39, 0.29) is 6.10 Å². The Morgan fingerprint density at radius 3 is 2.68 bits per heavy atom. The Bertz CT molecular complexity index is 724. The van der Waals surface area contributed by atoms with E-state index in [9.17, 15) is 4.79 Å². The van der Waals surface area contributed by atoms with Crippen molar-refractivity contribution in [2.45, 2.75) is 25.9 Å². The average molecular weight is 297 g/mol. The first kappa shape index (κ1) is 14.6. The molecule has 0 aliphatic carbocycles. The molecule has 0 aromatic heterocycles. The number of nitrogens with two attached hydrogens (primary N) is 1. The molecule has 4 heteroatoms. The number of aryl methyl sites for hydroxylation is 2. The van der Waals surface area contributed by atoms with Gasteiger partial charge < -0.3 is 15.6 Å². The van der Waals surface area contributed by atoms with Crippen LogP contribution in [0, 0.1) is 6.92 Å². The SMILES string of the molecule is Cc1cc(-c2ccc3c(c2)CC[C@H](CN)O3)ccc1C(=O)O. The van der Waals surface area contributed by atoms with Gasteiger partial charge in [0.2, 0.25) is 0 Å². The number of carboxylic acid groups (broad SMARTS) is 1. The highest BCUT2D eigenvalue weighted by Gasteiger charge is 2.19. The molecule has 1 aliphatic rings. The molecule has 22 heavy (non-hydrogen) atoms. The highest BCUT2D eigenvalue weighted by molar-refractivity contribution is 5.90. The van der Waals surface area contributed by atoms with Crippen molar-refractivity contribution in [3.05, 3.63) is 53.1 Å². The van der Waals surface area contributed by atoms with Gasteiger partial charge in [0.25, 0.3) is 0 Å². The molecule has 0 fully saturated rings. The number of hydrogen-bond acceptors (Lipinski definition) is 3. The topological polar surface area (TPSA) is 72.5 Å². The van der Waals surface area contributed by atoms with Gasteiger partial charge in [0, 0.05) is 6.54 Å². The van der Waals surface area contributed by atoms with Gasteiger partial charge in [0.1, 0.15) is 11.9 Å². The number of hydrogen-bond donors (Lipinski definition) is 2. The first-order valence-electron chi connectivity index (χ1n) is 7.42. The third-order valence-corrected chi connectivity index (χ3v) is 4.14. The van der Waals surface area contributed by atoms with E-state index in [1.807, 2.05) is 31.2 Å². The summed E-state index contributed by atoms with van der Waals surface area (Å²) in [7, 11) is 0. The number of benzene rings is 2. The first-order chi connectivity index (χ1) is 10.6. The number of carbonyl (C=O) groups is 1. The molecule has 0 saturated heterocycles. The van der Waals surface area contributed by atoms with Gasteiger partial charge in [-0.1, -0.05) is 18.2 Å². The molecule has 0 saturated carbocycles. The normalized spacial score (nSPS) is 16.7. The van der Waals surface area contributed by atoms with Crippen LogP contribution in [0.1, 0.15) is 27.9 Å². The summed E-state index contributed by atoms with van der Waals surface area (Å²) in [5.41, 5.74) is 10.1. The lowest BCUT2D eigenvalue weighted by atomic mass is 9.95. The second kappa shape index (κ2) is 5.81. The van der Waals surface area contributed by atoms with Gasteiger partial charge in [-0.25, -0.2) is 4.79 Å². The predicted molar refractivity (Wildman–Crippen MR) is 85.4 cm³/mol. The van der Waals surface area contributed by atoms with Crippen molar-refractivity contribution >= 4 is 5.97 Å². The van der Waals surface area contributed by atoms with Gasteiger partial charge in [0.05, 0.1) is 5.56 Å². The zero-order valence-corrected chi connectivity index (χ0v) is 12.5. The lowest BCUT2D eigenvalue weighted by Crippen LogP contribution is -2.30. The molecule has 1 heterocycles. The van der Waals surface area contributed by atoms with Gasteiger partial charge in [0.15, 0.2) is 0 Å². The molecule has 3 rings (SSSR count). The average Bonchev–Trinajstić information content (AvgIpc) is 2.53. The zero-order chi connectivity index (χ0) is 15.7. The molecular weight excluding hydrogens is 278 g/mol. The quantitative estimate of drug-likeness (QED) is 0.913. The Kier molecular flexibility index (Phi) is 3.86. The minimum atomic E-state index is -0.893. The fourth-order valence-corrected chi connectivity index (χ4v) is 2.87.